The van der Waals surface area contributed by atoms with Gasteiger partial charge in [-0.15, -0.1) is 0 Å². The Kier molecular flexibility index (Phi) is 3.73. The zero-order valence-corrected chi connectivity index (χ0v) is 9.21. The van der Waals surface area contributed by atoms with E-state index in [2.05, 4.69) is 0 Å². The summed E-state index contributed by atoms with van der Waals surface area (Å²) in [5.74, 6) is 0. The number of benzene rings is 2. The van der Waals surface area contributed by atoms with Crippen LogP contribution in [0.4, 0.5) is 0 Å². The second kappa shape index (κ2) is 5.47. The van der Waals surface area contributed by atoms with E-state index in [1.54, 1.807) is 0 Å². The maximum atomic E-state index is 9.96. The molecular formula is C15H16O. The SMILES string of the molecule is OC(Cc1ccccc1)Cc1ccccc1. The summed E-state index contributed by atoms with van der Waals surface area (Å²) in [7, 11) is 0. The Hall–Kier alpha value is -1.60. The largest absolute Gasteiger partial charge is 0.392 e. The van der Waals surface area contributed by atoms with Gasteiger partial charge in [-0.2, -0.15) is 0 Å². The molecule has 1 heteroatoms. The second-order valence-corrected chi connectivity index (χ2v) is 4.03. The number of hydrogen-bond acceptors (Lipinski definition) is 1. The molecule has 2 rings (SSSR count). The lowest BCUT2D eigenvalue weighted by Crippen LogP contribution is -2.13. The third kappa shape index (κ3) is 3.21. The first-order valence-electron chi connectivity index (χ1n) is 5.60. The van der Waals surface area contributed by atoms with Crippen molar-refractivity contribution in [2.75, 3.05) is 0 Å². The van der Waals surface area contributed by atoms with E-state index < -0.39 is 0 Å². The Labute approximate surface area is 96.4 Å². The zero-order valence-electron chi connectivity index (χ0n) is 9.21. The molecule has 2 aromatic rings. The van der Waals surface area contributed by atoms with Crippen molar-refractivity contribution >= 4 is 0 Å². The molecule has 0 atom stereocenters. The van der Waals surface area contributed by atoms with Gasteiger partial charge in [0.15, 0.2) is 0 Å². The predicted molar refractivity (Wildman–Crippen MR) is 66.3 cm³/mol. The second-order valence-electron chi connectivity index (χ2n) is 4.03. The molecule has 0 spiro atoms. The number of aliphatic hydroxyl groups is 1. The molecule has 1 nitrogen and oxygen atoms in total. The van der Waals surface area contributed by atoms with Crippen LogP contribution in [0.3, 0.4) is 0 Å². The van der Waals surface area contributed by atoms with Crippen molar-refractivity contribution in [1.82, 2.24) is 0 Å². The highest BCUT2D eigenvalue weighted by molar-refractivity contribution is 5.18. The van der Waals surface area contributed by atoms with Gasteiger partial charge in [0, 0.05) is 0 Å². The van der Waals surface area contributed by atoms with Crippen LogP contribution in [0.25, 0.3) is 0 Å². The lowest BCUT2D eigenvalue weighted by molar-refractivity contribution is 0.175. The van der Waals surface area contributed by atoms with E-state index in [4.69, 9.17) is 0 Å². The summed E-state index contributed by atoms with van der Waals surface area (Å²) in [6, 6.07) is 20.2. The molecule has 0 saturated heterocycles. The molecule has 0 radical (unpaired) electrons. The summed E-state index contributed by atoms with van der Waals surface area (Å²) in [6.45, 7) is 0. The molecule has 0 aromatic heterocycles. The molecule has 0 saturated carbocycles. The summed E-state index contributed by atoms with van der Waals surface area (Å²) in [5, 5.41) is 9.96. The maximum Gasteiger partial charge on any atom is 0.0620 e. The van der Waals surface area contributed by atoms with E-state index >= 15 is 0 Å². The van der Waals surface area contributed by atoms with Gasteiger partial charge >= 0.3 is 0 Å². The molecule has 2 aromatic carbocycles. The van der Waals surface area contributed by atoms with Crippen molar-refractivity contribution in [3.63, 3.8) is 0 Å². The summed E-state index contributed by atoms with van der Waals surface area (Å²) in [6.07, 6.45) is 1.13. The zero-order chi connectivity index (χ0) is 11.2. The van der Waals surface area contributed by atoms with Crippen LogP contribution in [0, 0.1) is 0 Å². The van der Waals surface area contributed by atoms with Crippen LogP contribution in [-0.2, 0) is 12.8 Å². The highest BCUT2D eigenvalue weighted by Gasteiger charge is 2.05. The minimum Gasteiger partial charge on any atom is -0.392 e. The van der Waals surface area contributed by atoms with Gasteiger partial charge in [0.25, 0.3) is 0 Å². The topological polar surface area (TPSA) is 20.2 Å². The monoisotopic (exact) mass is 212 g/mol. The summed E-state index contributed by atoms with van der Waals surface area (Å²) in [4.78, 5) is 0. The van der Waals surface area contributed by atoms with E-state index in [1.807, 2.05) is 60.7 Å². The highest BCUT2D eigenvalue weighted by atomic mass is 16.3. The van der Waals surface area contributed by atoms with Crippen molar-refractivity contribution in [3.05, 3.63) is 71.8 Å². The van der Waals surface area contributed by atoms with Gasteiger partial charge in [0.2, 0.25) is 0 Å². The molecule has 1 N–H and O–H groups in total. The number of hydrogen-bond donors (Lipinski definition) is 1. The average Bonchev–Trinajstić information content (AvgIpc) is 2.31. The molecule has 0 heterocycles. The van der Waals surface area contributed by atoms with Gasteiger partial charge in [-0.1, -0.05) is 60.7 Å². The maximum absolute atomic E-state index is 9.96. The standard InChI is InChI=1S/C15H16O/c16-15(11-13-7-3-1-4-8-13)12-14-9-5-2-6-10-14/h1-10,15-16H,11-12H2. The molecule has 0 bridgehead atoms. The van der Waals surface area contributed by atoms with Gasteiger partial charge in [-0.3, -0.25) is 0 Å². The first-order chi connectivity index (χ1) is 7.84. The molecule has 16 heavy (non-hydrogen) atoms. The van der Waals surface area contributed by atoms with Crippen LogP contribution in [-0.4, -0.2) is 11.2 Å². The Morgan fingerprint density at radius 1 is 0.688 bits per heavy atom. The highest BCUT2D eigenvalue weighted by Crippen LogP contribution is 2.08. The fourth-order valence-corrected chi connectivity index (χ4v) is 1.84. The van der Waals surface area contributed by atoms with E-state index in [9.17, 15) is 5.11 Å². The first kappa shape index (κ1) is 10.9. The van der Waals surface area contributed by atoms with Crippen LogP contribution in [0.1, 0.15) is 11.1 Å². The molecule has 0 aliphatic rings. The first-order valence-corrected chi connectivity index (χ1v) is 5.60. The molecular weight excluding hydrogens is 196 g/mol. The quantitative estimate of drug-likeness (QED) is 0.826. The van der Waals surface area contributed by atoms with Gasteiger partial charge < -0.3 is 5.11 Å². The van der Waals surface area contributed by atoms with Gasteiger partial charge in [0.05, 0.1) is 6.10 Å². The lowest BCUT2D eigenvalue weighted by atomic mass is 10.0. The lowest BCUT2D eigenvalue weighted by Gasteiger charge is -2.10. The van der Waals surface area contributed by atoms with E-state index in [0.717, 1.165) is 12.8 Å². The minimum absolute atomic E-state index is 0.301. The van der Waals surface area contributed by atoms with Crippen LogP contribution >= 0.6 is 0 Å². The molecule has 0 amide bonds. The Morgan fingerprint density at radius 3 is 1.44 bits per heavy atom. The fraction of sp³-hybridized carbons (Fsp3) is 0.200. The molecule has 82 valence electrons. The van der Waals surface area contributed by atoms with E-state index in [0.29, 0.717) is 0 Å². The van der Waals surface area contributed by atoms with Crippen LogP contribution in [0.15, 0.2) is 60.7 Å². The third-order valence-corrected chi connectivity index (χ3v) is 2.63. The molecule has 0 aliphatic carbocycles. The van der Waals surface area contributed by atoms with Gasteiger partial charge in [-0.05, 0) is 24.0 Å². The number of aliphatic hydroxyl groups excluding tert-OH is 1. The van der Waals surface area contributed by atoms with Crippen molar-refractivity contribution in [2.24, 2.45) is 0 Å². The summed E-state index contributed by atoms with van der Waals surface area (Å²) < 4.78 is 0. The van der Waals surface area contributed by atoms with E-state index in [-0.39, 0.29) is 6.10 Å². The molecule has 0 aliphatic heterocycles. The normalized spacial score (nSPS) is 10.6. The molecule has 0 unspecified atom stereocenters. The van der Waals surface area contributed by atoms with Gasteiger partial charge in [-0.25, -0.2) is 0 Å². The smallest absolute Gasteiger partial charge is 0.0620 e. The third-order valence-electron chi connectivity index (χ3n) is 2.63. The Bertz CT molecular complexity index is 366. The Balaban J connectivity index is 1.92. The van der Waals surface area contributed by atoms with Crippen LogP contribution in [0.2, 0.25) is 0 Å². The van der Waals surface area contributed by atoms with Gasteiger partial charge in [0.1, 0.15) is 0 Å². The minimum atomic E-state index is -0.301. The van der Waals surface area contributed by atoms with E-state index in [1.165, 1.54) is 11.1 Å². The average molecular weight is 212 g/mol. The summed E-state index contributed by atoms with van der Waals surface area (Å²) in [5.41, 5.74) is 2.37. The molecule has 0 fully saturated rings. The van der Waals surface area contributed by atoms with Crippen LogP contribution < -0.4 is 0 Å². The van der Waals surface area contributed by atoms with Crippen LogP contribution in [0.5, 0.6) is 0 Å². The number of rotatable bonds is 4. The van der Waals surface area contributed by atoms with Crippen molar-refractivity contribution in [3.8, 4) is 0 Å². The predicted octanol–water partition coefficient (Wildman–Crippen LogP) is 2.83. The Morgan fingerprint density at radius 2 is 1.06 bits per heavy atom. The fourth-order valence-electron chi connectivity index (χ4n) is 1.84. The van der Waals surface area contributed by atoms with Crippen molar-refractivity contribution < 1.29 is 5.11 Å². The van der Waals surface area contributed by atoms with Crippen molar-refractivity contribution in [2.45, 2.75) is 18.9 Å². The summed E-state index contributed by atoms with van der Waals surface area (Å²) >= 11 is 0. The van der Waals surface area contributed by atoms with Crippen molar-refractivity contribution in [1.29, 1.82) is 0 Å².